The maximum absolute atomic E-state index is 5.37. The third-order valence-corrected chi connectivity index (χ3v) is 5.44. The van der Waals surface area contributed by atoms with Gasteiger partial charge in [-0.25, -0.2) is 9.98 Å². The SMILES string of the molecule is CCNC(=NCc1cc(C(C)C)no1)NCc1sc(-c2ccccc2)nc1C. The molecule has 2 heterocycles. The van der Waals surface area contributed by atoms with Crippen LogP contribution >= 0.6 is 11.3 Å². The first kappa shape index (κ1) is 20.1. The van der Waals surface area contributed by atoms with Gasteiger partial charge in [-0.2, -0.15) is 0 Å². The second kappa shape index (κ2) is 9.50. The number of aliphatic imine (C=N–C) groups is 1. The van der Waals surface area contributed by atoms with Crippen LogP contribution in [0.4, 0.5) is 0 Å². The summed E-state index contributed by atoms with van der Waals surface area (Å²) in [6, 6.07) is 12.2. The van der Waals surface area contributed by atoms with Gasteiger partial charge >= 0.3 is 0 Å². The molecule has 0 aliphatic heterocycles. The Labute approximate surface area is 170 Å². The Hall–Kier alpha value is -2.67. The van der Waals surface area contributed by atoms with Crippen molar-refractivity contribution in [2.24, 2.45) is 4.99 Å². The van der Waals surface area contributed by atoms with E-state index in [4.69, 9.17) is 9.51 Å². The molecule has 0 radical (unpaired) electrons. The smallest absolute Gasteiger partial charge is 0.191 e. The van der Waals surface area contributed by atoms with E-state index in [9.17, 15) is 0 Å². The van der Waals surface area contributed by atoms with Crippen LogP contribution in [0.3, 0.4) is 0 Å². The lowest BCUT2D eigenvalue weighted by atomic mass is 10.1. The molecule has 0 aliphatic rings. The molecule has 148 valence electrons. The highest BCUT2D eigenvalue weighted by Gasteiger charge is 2.11. The highest BCUT2D eigenvalue weighted by atomic mass is 32.1. The van der Waals surface area contributed by atoms with Crippen LogP contribution in [0.25, 0.3) is 10.6 Å². The third-order valence-electron chi connectivity index (χ3n) is 4.24. The lowest BCUT2D eigenvalue weighted by molar-refractivity contribution is 0.376. The first-order valence-electron chi connectivity index (χ1n) is 9.56. The number of guanidine groups is 1. The summed E-state index contributed by atoms with van der Waals surface area (Å²) in [6.45, 7) is 10.2. The minimum absolute atomic E-state index is 0.348. The van der Waals surface area contributed by atoms with Crippen molar-refractivity contribution in [3.63, 3.8) is 0 Å². The number of hydrogen-bond donors (Lipinski definition) is 2. The van der Waals surface area contributed by atoms with Crippen LogP contribution in [0.5, 0.6) is 0 Å². The second-order valence-electron chi connectivity index (χ2n) is 6.82. The van der Waals surface area contributed by atoms with Gasteiger partial charge in [0, 0.05) is 23.1 Å². The molecular formula is C21H27N5OS. The summed E-state index contributed by atoms with van der Waals surface area (Å²) in [5.41, 5.74) is 3.15. The van der Waals surface area contributed by atoms with E-state index in [0.717, 1.165) is 40.2 Å². The van der Waals surface area contributed by atoms with Crippen LogP contribution in [0, 0.1) is 6.92 Å². The van der Waals surface area contributed by atoms with Gasteiger partial charge in [-0.3, -0.25) is 0 Å². The van der Waals surface area contributed by atoms with E-state index in [0.29, 0.717) is 19.0 Å². The zero-order valence-electron chi connectivity index (χ0n) is 16.8. The molecule has 0 fully saturated rings. The summed E-state index contributed by atoms with van der Waals surface area (Å²) in [6.07, 6.45) is 0. The third kappa shape index (κ3) is 5.19. The molecule has 0 atom stereocenters. The van der Waals surface area contributed by atoms with Gasteiger partial charge in [0.1, 0.15) is 11.6 Å². The lowest BCUT2D eigenvalue weighted by Gasteiger charge is -2.10. The first-order chi connectivity index (χ1) is 13.6. The summed E-state index contributed by atoms with van der Waals surface area (Å²) >= 11 is 1.71. The monoisotopic (exact) mass is 397 g/mol. The molecule has 0 saturated carbocycles. The molecule has 2 aromatic heterocycles. The fraction of sp³-hybridized carbons (Fsp3) is 0.381. The molecule has 0 amide bonds. The van der Waals surface area contributed by atoms with Crippen LogP contribution in [-0.2, 0) is 13.1 Å². The first-order valence-corrected chi connectivity index (χ1v) is 10.4. The molecule has 3 rings (SSSR count). The molecule has 0 spiro atoms. The molecule has 0 saturated heterocycles. The highest BCUT2D eigenvalue weighted by molar-refractivity contribution is 7.15. The number of aromatic nitrogens is 2. The fourth-order valence-electron chi connectivity index (χ4n) is 2.63. The molecule has 6 nitrogen and oxygen atoms in total. The maximum atomic E-state index is 5.37. The van der Waals surface area contributed by atoms with Crippen LogP contribution in [0.15, 0.2) is 45.9 Å². The molecule has 0 aliphatic carbocycles. The van der Waals surface area contributed by atoms with Crippen LogP contribution in [0.2, 0.25) is 0 Å². The van der Waals surface area contributed by atoms with Gasteiger partial charge < -0.3 is 15.2 Å². The van der Waals surface area contributed by atoms with E-state index in [1.165, 1.54) is 4.88 Å². The van der Waals surface area contributed by atoms with E-state index < -0.39 is 0 Å². The molecule has 0 unspecified atom stereocenters. The Bertz CT molecular complexity index is 914. The average Bonchev–Trinajstić information content (AvgIpc) is 3.32. The normalized spacial score (nSPS) is 11.8. The number of benzene rings is 1. The fourth-order valence-corrected chi connectivity index (χ4v) is 3.64. The molecular weight excluding hydrogens is 370 g/mol. The van der Waals surface area contributed by atoms with Gasteiger partial charge in [0.15, 0.2) is 11.7 Å². The molecule has 28 heavy (non-hydrogen) atoms. The highest BCUT2D eigenvalue weighted by Crippen LogP contribution is 2.27. The maximum Gasteiger partial charge on any atom is 0.191 e. The zero-order valence-corrected chi connectivity index (χ0v) is 17.6. The van der Waals surface area contributed by atoms with Crippen molar-refractivity contribution >= 4 is 17.3 Å². The molecule has 7 heteroatoms. The summed E-state index contributed by atoms with van der Waals surface area (Å²) in [4.78, 5) is 10.5. The average molecular weight is 398 g/mol. The van der Waals surface area contributed by atoms with E-state index in [1.807, 2.05) is 38.1 Å². The largest absolute Gasteiger partial charge is 0.359 e. The molecule has 2 N–H and O–H groups in total. The lowest BCUT2D eigenvalue weighted by Crippen LogP contribution is -2.36. The number of rotatable bonds is 7. The van der Waals surface area contributed by atoms with E-state index in [-0.39, 0.29) is 0 Å². The van der Waals surface area contributed by atoms with Gasteiger partial charge in [-0.1, -0.05) is 49.3 Å². The number of aryl methyl sites for hydroxylation is 1. The van der Waals surface area contributed by atoms with Crippen molar-refractivity contribution in [3.8, 4) is 10.6 Å². The summed E-state index contributed by atoms with van der Waals surface area (Å²) < 4.78 is 5.37. The quantitative estimate of drug-likeness (QED) is 0.454. The zero-order chi connectivity index (χ0) is 19.9. The van der Waals surface area contributed by atoms with E-state index in [2.05, 4.69) is 46.8 Å². The number of thiazole rings is 1. The predicted octanol–water partition coefficient (Wildman–Crippen LogP) is 4.49. The van der Waals surface area contributed by atoms with Crippen molar-refractivity contribution in [1.82, 2.24) is 20.8 Å². The minimum Gasteiger partial charge on any atom is -0.359 e. The van der Waals surface area contributed by atoms with Gasteiger partial charge in [0.2, 0.25) is 0 Å². The Morgan fingerprint density at radius 1 is 1.21 bits per heavy atom. The van der Waals surface area contributed by atoms with E-state index in [1.54, 1.807) is 11.3 Å². The minimum atomic E-state index is 0.348. The summed E-state index contributed by atoms with van der Waals surface area (Å²) in [7, 11) is 0. The van der Waals surface area contributed by atoms with Crippen molar-refractivity contribution < 1.29 is 4.52 Å². The summed E-state index contributed by atoms with van der Waals surface area (Å²) in [5, 5.41) is 11.8. The Morgan fingerprint density at radius 3 is 2.68 bits per heavy atom. The second-order valence-corrected chi connectivity index (χ2v) is 7.90. The van der Waals surface area contributed by atoms with Gasteiger partial charge in [0.05, 0.1) is 17.9 Å². The number of hydrogen-bond acceptors (Lipinski definition) is 5. The van der Waals surface area contributed by atoms with Crippen LogP contribution in [-0.4, -0.2) is 22.6 Å². The molecule has 3 aromatic rings. The Kier molecular flexibility index (Phi) is 6.81. The van der Waals surface area contributed by atoms with Crippen molar-refractivity contribution in [1.29, 1.82) is 0 Å². The Morgan fingerprint density at radius 2 is 2.00 bits per heavy atom. The van der Waals surface area contributed by atoms with Crippen LogP contribution in [0.1, 0.15) is 48.7 Å². The standard InChI is InChI=1S/C21H27N5OS/c1-5-22-21(23-12-17-11-18(14(2)3)26-27-17)24-13-19-15(4)25-20(28-19)16-9-7-6-8-10-16/h6-11,14H,5,12-13H2,1-4H3,(H2,22,23,24). The van der Waals surface area contributed by atoms with Gasteiger partial charge in [-0.05, 0) is 19.8 Å². The molecule has 0 bridgehead atoms. The Balaban J connectivity index is 1.65. The van der Waals surface area contributed by atoms with Crippen molar-refractivity contribution in [2.75, 3.05) is 6.54 Å². The van der Waals surface area contributed by atoms with Crippen molar-refractivity contribution in [3.05, 3.63) is 58.4 Å². The number of nitrogens with one attached hydrogen (secondary N) is 2. The van der Waals surface area contributed by atoms with Gasteiger partial charge in [-0.15, -0.1) is 11.3 Å². The van der Waals surface area contributed by atoms with Gasteiger partial charge in [0.25, 0.3) is 0 Å². The van der Waals surface area contributed by atoms with Crippen LogP contribution < -0.4 is 10.6 Å². The van der Waals surface area contributed by atoms with Crippen molar-refractivity contribution in [2.45, 2.75) is 46.7 Å². The topological polar surface area (TPSA) is 75.3 Å². The predicted molar refractivity (Wildman–Crippen MR) is 115 cm³/mol. The van der Waals surface area contributed by atoms with E-state index >= 15 is 0 Å². The number of nitrogens with zero attached hydrogens (tertiary/aromatic N) is 3. The molecule has 1 aromatic carbocycles. The summed E-state index contributed by atoms with van der Waals surface area (Å²) in [5.74, 6) is 1.86.